The van der Waals surface area contributed by atoms with E-state index in [1.807, 2.05) is 0 Å². The van der Waals surface area contributed by atoms with Crippen molar-refractivity contribution in [3.05, 3.63) is 34.4 Å². The summed E-state index contributed by atoms with van der Waals surface area (Å²) in [6.07, 6.45) is -6.19. The van der Waals surface area contributed by atoms with Crippen LogP contribution < -0.4 is 4.74 Å². The molecular weight excluding hydrogens is 370 g/mol. The van der Waals surface area contributed by atoms with Gasteiger partial charge in [0.1, 0.15) is 24.1 Å². The SMILES string of the molecule is CCO[C@H]1O[C@H](CO)[C@H](O)[C@H](OC(=S)Oc2ccc([N+](=O)[O-])cc2)[C@H]1O. The Morgan fingerprint density at radius 3 is 2.50 bits per heavy atom. The van der Waals surface area contributed by atoms with Crippen molar-refractivity contribution in [1.29, 1.82) is 0 Å². The van der Waals surface area contributed by atoms with Crippen LogP contribution in [0.4, 0.5) is 5.69 Å². The molecule has 5 atom stereocenters. The number of rotatable bonds is 6. The third-order valence-corrected chi connectivity index (χ3v) is 3.81. The van der Waals surface area contributed by atoms with Crippen LogP contribution in [0.3, 0.4) is 0 Å². The van der Waals surface area contributed by atoms with Gasteiger partial charge in [-0.25, -0.2) is 0 Å². The lowest BCUT2D eigenvalue weighted by Crippen LogP contribution is -2.60. The van der Waals surface area contributed by atoms with Gasteiger partial charge in [0, 0.05) is 31.0 Å². The highest BCUT2D eigenvalue weighted by molar-refractivity contribution is 7.79. The van der Waals surface area contributed by atoms with Crippen molar-refractivity contribution in [2.24, 2.45) is 0 Å². The van der Waals surface area contributed by atoms with Crippen LogP contribution in [0.1, 0.15) is 6.92 Å². The lowest BCUT2D eigenvalue weighted by molar-refractivity contribution is -0.384. The summed E-state index contributed by atoms with van der Waals surface area (Å²) < 4.78 is 21.0. The van der Waals surface area contributed by atoms with Gasteiger partial charge >= 0.3 is 5.24 Å². The summed E-state index contributed by atoms with van der Waals surface area (Å²) in [7, 11) is 0. The Morgan fingerprint density at radius 2 is 1.96 bits per heavy atom. The number of hydrogen-bond donors (Lipinski definition) is 3. The van der Waals surface area contributed by atoms with Crippen LogP contribution in [-0.2, 0) is 14.2 Å². The van der Waals surface area contributed by atoms with Crippen molar-refractivity contribution in [2.75, 3.05) is 13.2 Å². The molecule has 1 aliphatic heterocycles. The van der Waals surface area contributed by atoms with Crippen LogP contribution in [0.2, 0.25) is 0 Å². The van der Waals surface area contributed by atoms with Gasteiger partial charge in [-0.1, -0.05) is 0 Å². The van der Waals surface area contributed by atoms with Gasteiger partial charge < -0.3 is 34.3 Å². The Morgan fingerprint density at radius 1 is 1.31 bits per heavy atom. The second kappa shape index (κ2) is 9.16. The molecule has 144 valence electrons. The normalized spacial score (nSPS) is 28.4. The Balaban J connectivity index is 2.03. The maximum Gasteiger partial charge on any atom is 0.358 e. The zero-order valence-electron chi connectivity index (χ0n) is 13.8. The summed E-state index contributed by atoms with van der Waals surface area (Å²) in [4.78, 5) is 10.1. The number of benzene rings is 1. The van der Waals surface area contributed by atoms with Gasteiger partial charge in [0.05, 0.1) is 11.5 Å². The number of hydrogen-bond acceptors (Lipinski definition) is 10. The van der Waals surface area contributed by atoms with E-state index in [2.05, 4.69) is 0 Å². The fourth-order valence-electron chi connectivity index (χ4n) is 2.36. The van der Waals surface area contributed by atoms with Gasteiger partial charge in [-0.05, 0) is 19.1 Å². The minimum absolute atomic E-state index is 0.121. The Bertz CT molecular complexity index is 626. The lowest BCUT2D eigenvalue weighted by Gasteiger charge is -2.41. The molecule has 1 aromatic rings. The van der Waals surface area contributed by atoms with E-state index in [1.54, 1.807) is 6.92 Å². The largest absolute Gasteiger partial charge is 0.447 e. The Labute approximate surface area is 154 Å². The Kier molecular flexibility index (Phi) is 7.20. The molecule has 2 rings (SSSR count). The molecule has 1 fully saturated rings. The first-order valence-corrected chi connectivity index (χ1v) is 8.15. The molecule has 1 saturated heterocycles. The molecule has 0 aromatic heterocycles. The molecular formula is C15H19NO9S. The number of thiocarbonyl (C=S) groups is 1. The third kappa shape index (κ3) is 4.84. The highest BCUT2D eigenvalue weighted by atomic mass is 32.1. The minimum Gasteiger partial charge on any atom is -0.447 e. The number of non-ortho nitro benzene ring substituents is 1. The van der Waals surface area contributed by atoms with Gasteiger partial charge in [-0.3, -0.25) is 10.1 Å². The van der Waals surface area contributed by atoms with Crippen LogP contribution in [0.5, 0.6) is 5.75 Å². The van der Waals surface area contributed by atoms with Crippen molar-refractivity contribution in [1.82, 2.24) is 0 Å². The molecule has 0 amide bonds. The smallest absolute Gasteiger partial charge is 0.358 e. The van der Waals surface area contributed by atoms with Gasteiger partial charge in [0.2, 0.25) is 0 Å². The summed E-state index contributed by atoms with van der Waals surface area (Å²) in [5.74, 6) is 0.178. The molecule has 1 heterocycles. The molecule has 0 bridgehead atoms. The van der Waals surface area contributed by atoms with E-state index >= 15 is 0 Å². The summed E-state index contributed by atoms with van der Waals surface area (Å²) >= 11 is 4.94. The summed E-state index contributed by atoms with van der Waals surface area (Å²) in [6.45, 7) is 1.40. The minimum atomic E-state index is -1.38. The summed E-state index contributed by atoms with van der Waals surface area (Å²) in [6, 6.07) is 5.10. The average molecular weight is 389 g/mol. The van der Waals surface area contributed by atoms with E-state index in [9.17, 15) is 25.4 Å². The molecule has 1 aromatic carbocycles. The summed E-state index contributed by atoms with van der Waals surface area (Å²) in [5, 5.41) is 39.9. The first-order valence-electron chi connectivity index (χ1n) is 7.74. The number of nitro groups is 1. The number of ether oxygens (including phenoxy) is 4. The molecule has 0 aliphatic carbocycles. The van der Waals surface area contributed by atoms with Crippen molar-refractivity contribution >= 4 is 23.1 Å². The van der Waals surface area contributed by atoms with E-state index in [-0.39, 0.29) is 18.0 Å². The second-order valence-corrected chi connectivity index (χ2v) is 5.68. The van der Waals surface area contributed by atoms with Crippen molar-refractivity contribution < 1.29 is 39.2 Å². The fraction of sp³-hybridized carbons (Fsp3) is 0.533. The monoisotopic (exact) mass is 389 g/mol. The molecule has 26 heavy (non-hydrogen) atoms. The number of aliphatic hydroxyl groups is 3. The van der Waals surface area contributed by atoms with E-state index in [0.29, 0.717) is 0 Å². The molecule has 10 nitrogen and oxygen atoms in total. The third-order valence-electron chi connectivity index (χ3n) is 3.63. The van der Waals surface area contributed by atoms with E-state index < -0.39 is 47.5 Å². The van der Waals surface area contributed by atoms with Crippen LogP contribution >= 0.6 is 12.2 Å². The van der Waals surface area contributed by atoms with Gasteiger partial charge in [0.25, 0.3) is 5.69 Å². The molecule has 0 saturated carbocycles. The van der Waals surface area contributed by atoms with Gasteiger partial charge in [0.15, 0.2) is 12.4 Å². The zero-order valence-corrected chi connectivity index (χ0v) is 14.6. The second-order valence-electron chi connectivity index (χ2n) is 5.35. The molecule has 1 aliphatic rings. The highest BCUT2D eigenvalue weighted by Gasteiger charge is 2.47. The van der Waals surface area contributed by atoms with E-state index in [4.69, 9.17) is 31.2 Å². The van der Waals surface area contributed by atoms with E-state index in [1.165, 1.54) is 24.3 Å². The van der Waals surface area contributed by atoms with Crippen LogP contribution in [0.15, 0.2) is 24.3 Å². The van der Waals surface area contributed by atoms with Gasteiger partial charge in [-0.2, -0.15) is 0 Å². The number of aliphatic hydroxyl groups excluding tert-OH is 3. The van der Waals surface area contributed by atoms with Gasteiger partial charge in [-0.15, -0.1) is 0 Å². The van der Waals surface area contributed by atoms with Crippen LogP contribution in [-0.4, -0.2) is 69.4 Å². The van der Waals surface area contributed by atoms with E-state index in [0.717, 1.165) is 0 Å². The first-order chi connectivity index (χ1) is 12.4. The summed E-state index contributed by atoms with van der Waals surface area (Å²) in [5.41, 5.74) is -0.121. The maximum atomic E-state index is 10.6. The van der Waals surface area contributed by atoms with Crippen LogP contribution in [0, 0.1) is 10.1 Å². The molecule has 0 radical (unpaired) electrons. The maximum absolute atomic E-state index is 10.6. The quantitative estimate of drug-likeness (QED) is 0.349. The highest BCUT2D eigenvalue weighted by Crippen LogP contribution is 2.25. The standard InChI is InChI=1S/C15H19NO9S/c1-2-22-14-12(19)13(11(18)10(7-17)24-14)25-15(26)23-9-5-3-8(4-6-9)16(20)21/h3-6,10-14,17-19H,2,7H2,1H3/t10-,11+,12-,13+,14+/m1/s1. The average Bonchev–Trinajstić information content (AvgIpc) is 2.61. The molecule has 0 unspecified atom stereocenters. The molecule has 3 N–H and O–H groups in total. The van der Waals surface area contributed by atoms with Crippen molar-refractivity contribution in [3.63, 3.8) is 0 Å². The first kappa shape index (κ1) is 20.4. The number of nitro benzene ring substituents is 1. The van der Waals surface area contributed by atoms with Crippen molar-refractivity contribution in [2.45, 2.75) is 37.6 Å². The predicted molar refractivity (Wildman–Crippen MR) is 90.6 cm³/mol. The molecule has 11 heteroatoms. The number of nitrogens with zero attached hydrogens (tertiary/aromatic N) is 1. The fourth-order valence-corrected chi connectivity index (χ4v) is 2.57. The Hall–Kier alpha value is -1.89. The topological polar surface area (TPSA) is 141 Å². The zero-order chi connectivity index (χ0) is 19.3. The molecule has 0 spiro atoms. The lowest BCUT2D eigenvalue weighted by atomic mass is 9.99. The predicted octanol–water partition coefficient (Wildman–Crippen LogP) is 0.119. The van der Waals surface area contributed by atoms with Crippen LogP contribution in [0.25, 0.3) is 0 Å². The van der Waals surface area contributed by atoms with Crippen molar-refractivity contribution in [3.8, 4) is 5.75 Å².